The minimum atomic E-state index is -2.78. The fraction of sp³-hybridized carbons (Fsp3) is 0.211. The standard InChI is InChI=1S/C19H21N3O2S/c1-13-5-4-7-15-16(20)11-18(21-19(13)15)22-9-10-25(23,24)17-8-3-2-6-14(17)12-22/h2-8,11,23-24H,9-10,12H2,1H3,(H2,20,21). The van der Waals surface area contributed by atoms with Crippen LogP contribution in [0.25, 0.3) is 10.9 Å². The second kappa shape index (κ2) is 5.91. The normalized spacial score (nSPS) is 17.8. The van der Waals surface area contributed by atoms with Crippen LogP contribution >= 0.6 is 10.6 Å². The van der Waals surface area contributed by atoms with E-state index in [9.17, 15) is 9.11 Å². The van der Waals surface area contributed by atoms with Gasteiger partial charge >= 0.3 is 0 Å². The Balaban J connectivity index is 1.81. The first-order chi connectivity index (χ1) is 12.0. The van der Waals surface area contributed by atoms with Crippen LogP contribution in [-0.2, 0) is 6.54 Å². The highest BCUT2D eigenvalue weighted by molar-refractivity contribution is 8.24. The Morgan fingerprint density at radius 1 is 1.12 bits per heavy atom. The molecule has 1 aliphatic rings. The lowest BCUT2D eigenvalue weighted by atomic mass is 10.1. The molecule has 2 aromatic carbocycles. The molecular weight excluding hydrogens is 334 g/mol. The quantitative estimate of drug-likeness (QED) is 0.608. The zero-order valence-electron chi connectivity index (χ0n) is 14.0. The molecule has 25 heavy (non-hydrogen) atoms. The number of benzene rings is 2. The van der Waals surface area contributed by atoms with Crippen molar-refractivity contribution in [2.75, 3.05) is 22.9 Å². The van der Waals surface area contributed by atoms with Crippen LogP contribution < -0.4 is 10.6 Å². The van der Waals surface area contributed by atoms with Crippen molar-refractivity contribution in [3.63, 3.8) is 0 Å². The highest BCUT2D eigenvalue weighted by Gasteiger charge is 2.26. The first kappa shape index (κ1) is 16.2. The van der Waals surface area contributed by atoms with Gasteiger partial charge in [0, 0.05) is 30.2 Å². The minimum absolute atomic E-state index is 0.289. The monoisotopic (exact) mass is 355 g/mol. The van der Waals surface area contributed by atoms with Gasteiger partial charge in [-0.3, -0.25) is 9.11 Å². The maximum Gasteiger partial charge on any atom is 0.131 e. The number of fused-ring (bicyclic) bond motifs is 2. The van der Waals surface area contributed by atoms with Crippen molar-refractivity contribution in [3.8, 4) is 0 Å². The van der Waals surface area contributed by atoms with Crippen LogP contribution in [-0.4, -0.2) is 26.4 Å². The topological polar surface area (TPSA) is 82.6 Å². The molecule has 0 saturated heterocycles. The van der Waals surface area contributed by atoms with E-state index in [-0.39, 0.29) is 5.75 Å². The maximum absolute atomic E-state index is 10.5. The number of nitrogen functional groups attached to an aromatic ring is 1. The van der Waals surface area contributed by atoms with Gasteiger partial charge in [-0.25, -0.2) is 4.98 Å². The molecule has 4 rings (SSSR count). The SMILES string of the molecule is Cc1cccc2c(N)cc(N3CCS(O)(O)c4ccccc4C3)nc12. The lowest BCUT2D eigenvalue weighted by molar-refractivity contribution is 0.488. The van der Waals surface area contributed by atoms with Gasteiger partial charge in [-0.05, 0) is 24.1 Å². The average molecular weight is 355 g/mol. The predicted molar refractivity (Wildman–Crippen MR) is 104 cm³/mol. The lowest BCUT2D eigenvalue weighted by Gasteiger charge is -2.32. The second-order valence-electron chi connectivity index (χ2n) is 6.44. The molecule has 3 aromatic rings. The third kappa shape index (κ3) is 2.82. The zero-order chi connectivity index (χ0) is 17.6. The zero-order valence-corrected chi connectivity index (χ0v) is 14.8. The van der Waals surface area contributed by atoms with E-state index in [0.29, 0.717) is 23.7 Å². The maximum atomic E-state index is 10.5. The largest absolute Gasteiger partial charge is 0.398 e. The van der Waals surface area contributed by atoms with Crippen LogP contribution in [0, 0.1) is 6.92 Å². The minimum Gasteiger partial charge on any atom is -0.398 e. The molecule has 0 bridgehead atoms. The third-order valence-electron chi connectivity index (χ3n) is 4.72. The predicted octanol–water partition coefficient (Wildman–Crippen LogP) is 4.26. The van der Waals surface area contributed by atoms with E-state index < -0.39 is 10.6 Å². The molecule has 0 amide bonds. The Morgan fingerprint density at radius 2 is 1.92 bits per heavy atom. The molecule has 0 atom stereocenters. The molecule has 0 unspecified atom stereocenters. The molecular formula is C19H21N3O2S. The van der Waals surface area contributed by atoms with Crippen molar-refractivity contribution in [2.45, 2.75) is 18.4 Å². The summed E-state index contributed by atoms with van der Waals surface area (Å²) in [5, 5.41) is 0.947. The number of pyridine rings is 1. The van der Waals surface area contributed by atoms with Gasteiger partial charge in [0.15, 0.2) is 0 Å². The Bertz CT molecular complexity index is 959. The molecule has 6 heteroatoms. The number of hydrogen-bond acceptors (Lipinski definition) is 5. The molecule has 1 aliphatic heterocycles. The van der Waals surface area contributed by atoms with Gasteiger partial charge in [-0.1, -0.05) is 36.4 Å². The molecule has 130 valence electrons. The van der Waals surface area contributed by atoms with Gasteiger partial charge in [-0.2, -0.15) is 10.6 Å². The fourth-order valence-corrected chi connectivity index (χ4v) is 4.89. The van der Waals surface area contributed by atoms with E-state index in [1.165, 1.54) is 0 Å². The summed E-state index contributed by atoms with van der Waals surface area (Å²) in [6.07, 6.45) is 0. The molecule has 0 fully saturated rings. The molecule has 0 radical (unpaired) electrons. The van der Waals surface area contributed by atoms with Gasteiger partial charge < -0.3 is 10.6 Å². The van der Waals surface area contributed by atoms with Gasteiger partial charge in [0.2, 0.25) is 0 Å². The number of aryl methyl sites for hydroxylation is 1. The summed E-state index contributed by atoms with van der Waals surface area (Å²) in [4.78, 5) is 7.53. The van der Waals surface area contributed by atoms with E-state index in [1.54, 1.807) is 6.07 Å². The smallest absolute Gasteiger partial charge is 0.131 e. The van der Waals surface area contributed by atoms with Gasteiger partial charge in [0.05, 0.1) is 16.2 Å². The molecule has 0 aliphatic carbocycles. The summed E-state index contributed by atoms with van der Waals surface area (Å²) >= 11 is 0. The number of nitrogens with zero attached hydrogens (tertiary/aromatic N) is 2. The molecule has 4 N–H and O–H groups in total. The second-order valence-corrected chi connectivity index (χ2v) is 8.62. The molecule has 0 saturated carbocycles. The number of rotatable bonds is 1. The van der Waals surface area contributed by atoms with E-state index in [0.717, 1.165) is 27.8 Å². The fourth-order valence-electron chi connectivity index (χ4n) is 3.35. The number of hydrogen-bond donors (Lipinski definition) is 3. The van der Waals surface area contributed by atoms with Crippen molar-refractivity contribution in [3.05, 3.63) is 59.7 Å². The van der Waals surface area contributed by atoms with Crippen molar-refractivity contribution in [1.29, 1.82) is 0 Å². The van der Waals surface area contributed by atoms with Crippen LogP contribution in [0.1, 0.15) is 11.1 Å². The number of para-hydroxylation sites is 1. The Morgan fingerprint density at radius 3 is 2.76 bits per heavy atom. The average Bonchev–Trinajstić information content (AvgIpc) is 2.72. The molecule has 2 heterocycles. The summed E-state index contributed by atoms with van der Waals surface area (Å²) in [6, 6.07) is 15.4. The lowest BCUT2D eigenvalue weighted by Crippen LogP contribution is -2.26. The molecule has 1 aromatic heterocycles. The van der Waals surface area contributed by atoms with Crippen LogP contribution in [0.5, 0.6) is 0 Å². The van der Waals surface area contributed by atoms with Crippen LogP contribution in [0.4, 0.5) is 11.5 Å². The van der Waals surface area contributed by atoms with Crippen molar-refractivity contribution >= 4 is 33.0 Å². The van der Waals surface area contributed by atoms with Crippen LogP contribution in [0.2, 0.25) is 0 Å². The highest BCUT2D eigenvalue weighted by atomic mass is 32.3. The first-order valence-electron chi connectivity index (χ1n) is 8.20. The molecule has 0 spiro atoms. The number of anilines is 2. The summed E-state index contributed by atoms with van der Waals surface area (Å²) in [6.45, 7) is 3.11. The van der Waals surface area contributed by atoms with Crippen molar-refractivity contribution in [1.82, 2.24) is 4.98 Å². The summed E-state index contributed by atoms with van der Waals surface area (Å²) in [7, 11) is -2.78. The van der Waals surface area contributed by atoms with Gasteiger partial charge in [0.25, 0.3) is 0 Å². The summed E-state index contributed by atoms with van der Waals surface area (Å²) in [5.74, 6) is 1.06. The van der Waals surface area contributed by atoms with Crippen molar-refractivity contribution in [2.24, 2.45) is 0 Å². The highest BCUT2D eigenvalue weighted by Crippen LogP contribution is 2.51. The summed E-state index contributed by atoms with van der Waals surface area (Å²) < 4.78 is 21.0. The van der Waals surface area contributed by atoms with Gasteiger partial charge in [-0.15, -0.1) is 0 Å². The summed E-state index contributed by atoms with van der Waals surface area (Å²) in [5.41, 5.74) is 9.83. The Labute approximate surface area is 148 Å². The third-order valence-corrected chi connectivity index (χ3v) is 6.57. The number of aromatic nitrogens is 1. The van der Waals surface area contributed by atoms with Gasteiger partial charge in [0.1, 0.15) is 5.82 Å². The van der Waals surface area contributed by atoms with Crippen LogP contribution in [0.15, 0.2) is 53.4 Å². The molecule has 5 nitrogen and oxygen atoms in total. The van der Waals surface area contributed by atoms with E-state index in [4.69, 9.17) is 10.7 Å². The Kier molecular flexibility index (Phi) is 3.83. The van der Waals surface area contributed by atoms with E-state index >= 15 is 0 Å². The van der Waals surface area contributed by atoms with E-state index in [1.807, 2.05) is 49.4 Å². The van der Waals surface area contributed by atoms with Crippen LogP contribution in [0.3, 0.4) is 0 Å². The first-order valence-corrected chi connectivity index (χ1v) is 9.92. The van der Waals surface area contributed by atoms with E-state index in [2.05, 4.69) is 4.90 Å². The number of nitrogens with two attached hydrogens (primary N) is 1. The van der Waals surface area contributed by atoms with Crippen molar-refractivity contribution < 1.29 is 9.11 Å². The Hall–Kier alpha value is -2.28.